The van der Waals surface area contributed by atoms with Gasteiger partial charge in [0.2, 0.25) is 0 Å². The summed E-state index contributed by atoms with van der Waals surface area (Å²) < 4.78 is 177. The van der Waals surface area contributed by atoms with E-state index in [-0.39, 0.29) is 33.8 Å². The molecule has 0 radical (unpaired) electrons. The van der Waals surface area contributed by atoms with E-state index in [0.717, 1.165) is 0 Å². The molecule has 0 unspecified atom stereocenters. The average molecular weight is 671 g/mol. The Hall–Kier alpha value is -6.91. The fraction of sp³-hybridized carbons (Fsp3) is 0. The van der Waals surface area contributed by atoms with E-state index in [4.69, 9.17) is 34.4 Å². The first-order valence-electron chi connectivity index (χ1n) is 25.1. The Bertz CT molecular complexity index is 3910. The van der Waals surface area contributed by atoms with Crippen LogP contribution in [0.2, 0.25) is 0 Å². The van der Waals surface area contributed by atoms with E-state index in [1.54, 1.807) is 60.7 Å². The van der Waals surface area contributed by atoms with Crippen LogP contribution in [-0.4, -0.2) is 15.0 Å². The highest BCUT2D eigenvalue weighted by atomic mass is 16.3. The van der Waals surface area contributed by atoms with Crippen molar-refractivity contribution < 1.29 is 30.5 Å². The van der Waals surface area contributed by atoms with Crippen molar-refractivity contribution in [1.82, 2.24) is 15.0 Å². The molecule has 0 saturated carbocycles. The van der Waals surface area contributed by atoms with Gasteiger partial charge < -0.3 is 4.42 Å². The minimum atomic E-state index is -0.934. The molecule has 0 aliphatic rings. The molecule has 10 rings (SSSR count). The zero-order chi connectivity index (χ0) is 50.3. The second-order valence-corrected chi connectivity index (χ2v) is 11.3. The first-order chi connectivity index (χ1) is 33.2. The zero-order valence-electron chi connectivity index (χ0n) is 45.0. The predicted molar refractivity (Wildman–Crippen MR) is 209 cm³/mol. The number of rotatable bonds is 5. The SMILES string of the molecule is [2H]c1c([2H])c(-c2c([2H])c3c(oc4c([2H])c([2H])c([2H])c(-c5nc(-c6ccccc6)nc(-c6ccccc6)n5)c43)c3c([2H])c([2H])c([2H])c([2H])c23)c([2H])c([2H])c1-c1c([2H])c([2H])c2c([2H])c([2H])c([2H])c([2H])c2c1[2H]. The Morgan fingerprint density at radius 2 is 1.02 bits per heavy atom. The molecule has 0 spiro atoms. The summed E-state index contributed by atoms with van der Waals surface area (Å²) in [5.74, 6) is 0.0598. The summed E-state index contributed by atoms with van der Waals surface area (Å²) in [6.45, 7) is 0. The third-order valence-corrected chi connectivity index (χ3v) is 8.23. The molecular weight excluding hydrogens is 623 g/mol. The standard InChI is InChI=1S/C47H29N3O/c1-3-13-33(14-4-1)45-48-46(34-15-5-2-6-16-34)50-47(49-45)39-20-11-21-42-43(39)41-29-40(37-18-9-10-19-38(37)44(41)51-42)32-25-22-31(23-26-32)36-27-24-30-12-7-8-17-35(30)28-36/h1-29H/i7D,8D,9D,10D,11D,12D,17D,18D,19D,20D,21D,22D,23D,24D,25D,26D,27D,28D,29D. The summed E-state index contributed by atoms with van der Waals surface area (Å²) in [5, 5.41) is -2.42. The highest BCUT2D eigenvalue weighted by molar-refractivity contribution is 6.22. The number of aromatic nitrogens is 3. The van der Waals surface area contributed by atoms with E-state index in [1.165, 1.54) is 0 Å². The van der Waals surface area contributed by atoms with Crippen LogP contribution in [0, 0.1) is 0 Å². The van der Waals surface area contributed by atoms with Crippen LogP contribution in [-0.2, 0) is 0 Å². The van der Waals surface area contributed by atoms with Gasteiger partial charge in [-0.3, -0.25) is 0 Å². The van der Waals surface area contributed by atoms with E-state index < -0.39 is 170 Å². The average Bonchev–Trinajstić information content (AvgIpc) is 3.76. The van der Waals surface area contributed by atoms with Crippen LogP contribution in [0.15, 0.2) is 180 Å². The molecule has 51 heavy (non-hydrogen) atoms. The lowest BCUT2D eigenvalue weighted by Gasteiger charge is -2.11. The zero-order valence-corrected chi connectivity index (χ0v) is 26.0. The Labute approximate surface area is 321 Å². The minimum absolute atomic E-state index is 0.136. The third-order valence-electron chi connectivity index (χ3n) is 8.23. The number of benzene rings is 8. The molecule has 4 heteroatoms. The maximum absolute atomic E-state index is 10.00. The lowest BCUT2D eigenvalue weighted by molar-refractivity contribution is 0.673. The second kappa shape index (κ2) is 11.9. The van der Waals surface area contributed by atoms with E-state index in [1.807, 2.05) is 0 Å². The van der Waals surface area contributed by atoms with E-state index in [0.29, 0.717) is 11.1 Å². The summed E-state index contributed by atoms with van der Waals surface area (Å²) in [4.78, 5) is 14.2. The van der Waals surface area contributed by atoms with Gasteiger partial charge >= 0.3 is 0 Å². The molecule has 0 N–H and O–H groups in total. The van der Waals surface area contributed by atoms with Gasteiger partial charge in [-0.25, -0.2) is 15.0 Å². The van der Waals surface area contributed by atoms with Crippen LogP contribution in [0.5, 0.6) is 0 Å². The van der Waals surface area contributed by atoms with Crippen molar-refractivity contribution in [3.8, 4) is 56.4 Å². The fourth-order valence-corrected chi connectivity index (χ4v) is 5.87. The van der Waals surface area contributed by atoms with Gasteiger partial charge in [0.15, 0.2) is 17.5 Å². The highest BCUT2D eigenvalue weighted by Crippen LogP contribution is 2.43. The monoisotopic (exact) mass is 670 g/mol. The van der Waals surface area contributed by atoms with Crippen molar-refractivity contribution >= 4 is 43.5 Å². The maximum atomic E-state index is 10.00. The van der Waals surface area contributed by atoms with E-state index >= 15 is 0 Å². The number of hydrogen-bond donors (Lipinski definition) is 0. The van der Waals surface area contributed by atoms with Gasteiger partial charge in [-0.1, -0.05) is 157 Å². The van der Waals surface area contributed by atoms with Crippen LogP contribution in [0.4, 0.5) is 0 Å². The van der Waals surface area contributed by atoms with Crippen molar-refractivity contribution in [2.45, 2.75) is 0 Å². The number of nitrogens with zero attached hydrogens (tertiary/aromatic N) is 3. The smallest absolute Gasteiger partial charge is 0.164 e. The first kappa shape index (κ1) is 15.8. The third kappa shape index (κ3) is 5.04. The summed E-state index contributed by atoms with van der Waals surface area (Å²) >= 11 is 0. The Morgan fingerprint density at radius 3 is 1.75 bits per heavy atom. The van der Waals surface area contributed by atoms with Crippen molar-refractivity contribution in [3.05, 3.63) is 175 Å². The molecule has 0 saturated heterocycles. The van der Waals surface area contributed by atoms with Crippen LogP contribution < -0.4 is 0 Å². The molecule has 8 aromatic carbocycles. The molecule has 2 aromatic heterocycles. The van der Waals surface area contributed by atoms with Crippen LogP contribution in [0.3, 0.4) is 0 Å². The molecule has 0 bridgehead atoms. The first-order valence-corrected chi connectivity index (χ1v) is 15.6. The van der Waals surface area contributed by atoms with Gasteiger partial charge in [-0.15, -0.1) is 0 Å². The van der Waals surface area contributed by atoms with Gasteiger partial charge in [0.25, 0.3) is 0 Å². The lowest BCUT2D eigenvalue weighted by Crippen LogP contribution is -2.00. The molecule has 4 nitrogen and oxygen atoms in total. The summed E-state index contributed by atoms with van der Waals surface area (Å²) in [6, 6.07) is 2.79. The quantitative estimate of drug-likeness (QED) is 0.183. The van der Waals surface area contributed by atoms with Crippen molar-refractivity contribution in [2.24, 2.45) is 0 Å². The van der Waals surface area contributed by atoms with Crippen molar-refractivity contribution in [1.29, 1.82) is 0 Å². The Morgan fingerprint density at radius 1 is 0.412 bits per heavy atom. The molecule has 0 aliphatic heterocycles. The number of furan rings is 1. The molecular formula is C47H29N3O. The largest absolute Gasteiger partial charge is 0.455 e. The summed E-state index contributed by atoms with van der Waals surface area (Å²) in [5.41, 5.74) is -2.61. The van der Waals surface area contributed by atoms with Gasteiger partial charge in [0.05, 0.1) is 26.0 Å². The highest BCUT2D eigenvalue weighted by Gasteiger charge is 2.20. The van der Waals surface area contributed by atoms with E-state index in [9.17, 15) is 11.0 Å². The topological polar surface area (TPSA) is 51.8 Å². The second-order valence-electron chi connectivity index (χ2n) is 11.3. The molecule has 238 valence electrons. The van der Waals surface area contributed by atoms with Crippen LogP contribution in [0.25, 0.3) is 99.9 Å². The van der Waals surface area contributed by atoms with Gasteiger partial charge in [-0.2, -0.15) is 0 Å². The van der Waals surface area contributed by atoms with Gasteiger partial charge in [-0.05, 0) is 56.5 Å². The van der Waals surface area contributed by atoms with Gasteiger partial charge in [0, 0.05) is 32.8 Å². The van der Waals surface area contributed by atoms with Crippen LogP contribution >= 0.6 is 0 Å². The predicted octanol–water partition coefficient (Wildman–Crippen LogP) is 12.4. The molecule has 2 heterocycles. The Balaban J connectivity index is 1.37. The number of fused-ring (bicyclic) bond motifs is 6. The minimum Gasteiger partial charge on any atom is -0.455 e. The normalized spacial score (nSPS) is 16.7. The Kier molecular flexibility index (Phi) is 3.68. The summed E-state index contributed by atoms with van der Waals surface area (Å²) in [6.07, 6.45) is 0. The molecule has 0 atom stereocenters. The van der Waals surface area contributed by atoms with E-state index in [2.05, 4.69) is 0 Å². The lowest BCUT2D eigenvalue weighted by atomic mass is 9.93. The molecule has 0 fully saturated rings. The number of hydrogen-bond acceptors (Lipinski definition) is 4. The van der Waals surface area contributed by atoms with Crippen molar-refractivity contribution in [2.75, 3.05) is 0 Å². The van der Waals surface area contributed by atoms with Crippen molar-refractivity contribution in [3.63, 3.8) is 0 Å². The molecule has 10 aromatic rings. The van der Waals surface area contributed by atoms with Crippen LogP contribution in [0.1, 0.15) is 26.0 Å². The summed E-state index contributed by atoms with van der Waals surface area (Å²) in [7, 11) is 0. The fourth-order valence-electron chi connectivity index (χ4n) is 5.87. The van der Waals surface area contributed by atoms with Gasteiger partial charge in [0.1, 0.15) is 11.2 Å². The maximum Gasteiger partial charge on any atom is 0.164 e. The molecule has 0 aliphatic carbocycles. The molecule has 0 amide bonds.